The highest BCUT2D eigenvalue weighted by atomic mass is 16.5. The molecular weight excluding hydrogens is 262 g/mol. The summed E-state index contributed by atoms with van der Waals surface area (Å²) in [4.78, 5) is 22.9. The highest BCUT2D eigenvalue weighted by molar-refractivity contribution is 5.96. The van der Waals surface area contributed by atoms with Crippen molar-refractivity contribution in [1.82, 2.24) is 5.32 Å². The van der Waals surface area contributed by atoms with E-state index in [4.69, 9.17) is 14.9 Å². The average molecular weight is 281 g/mol. The molecule has 20 heavy (non-hydrogen) atoms. The fourth-order valence-electron chi connectivity index (χ4n) is 1.58. The van der Waals surface area contributed by atoms with E-state index in [1.54, 1.807) is 24.3 Å². The molecule has 0 saturated carbocycles. The van der Waals surface area contributed by atoms with Gasteiger partial charge in [0.1, 0.15) is 11.8 Å². The monoisotopic (exact) mass is 281 g/mol. The highest BCUT2D eigenvalue weighted by Gasteiger charge is 2.20. The number of aliphatic hydroxyl groups is 1. The molecule has 0 aliphatic heterocycles. The minimum Gasteiger partial charge on any atom is -0.494 e. The lowest BCUT2D eigenvalue weighted by atomic mass is 10.1. The number of amides is 1. The Hall–Kier alpha value is -2.08. The van der Waals surface area contributed by atoms with E-state index in [2.05, 4.69) is 5.32 Å². The predicted molar refractivity (Wildman–Crippen MR) is 72.8 cm³/mol. The number of ether oxygens (including phenoxy) is 1. The number of hydrogen-bond acceptors (Lipinski definition) is 4. The van der Waals surface area contributed by atoms with Crippen molar-refractivity contribution in [1.29, 1.82) is 0 Å². The Labute approximate surface area is 117 Å². The number of aliphatic carboxylic acids is 1. The van der Waals surface area contributed by atoms with Gasteiger partial charge in [0.2, 0.25) is 0 Å². The zero-order chi connectivity index (χ0) is 15.0. The molecule has 1 rings (SSSR count). The second kappa shape index (κ2) is 8.16. The fourth-order valence-corrected chi connectivity index (χ4v) is 1.58. The largest absolute Gasteiger partial charge is 0.494 e. The molecule has 6 nitrogen and oxygen atoms in total. The van der Waals surface area contributed by atoms with E-state index in [9.17, 15) is 9.59 Å². The van der Waals surface area contributed by atoms with E-state index in [1.807, 2.05) is 6.92 Å². The molecule has 6 heteroatoms. The van der Waals surface area contributed by atoms with Gasteiger partial charge in [-0.3, -0.25) is 4.79 Å². The predicted octanol–water partition coefficient (Wildman–Crippen LogP) is 1.04. The lowest BCUT2D eigenvalue weighted by Gasteiger charge is -2.13. The molecule has 0 aliphatic rings. The molecule has 0 fully saturated rings. The smallest absolute Gasteiger partial charge is 0.326 e. The van der Waals surface area contributed by atoms with Gasteiger partial charge in [-0.25, -0.2) is 4.79 Å². The Bertz CT molecular complexity index is 461. The molecule has 0 aromatic heterocycles. The van der Waals surface area contributed by atoms with E-state index in [-0.39, 0.29) is 13.0 Å². The first-order valence-corrected chi connectivity index (χ1v) is 6.45. The van der Waals surface area contributed by atoms with Gasteiger partial charge in [0.15, 0.2) is 0 Å². The molecule has 3 N–H and O–H groups in total. The van der Waals surface area contributed by atoms with Gasteiger partial charge in [0.05, 0.1) is 6.61 Å². The van der Waals surface area contributed by atoms with Crippen LogP contribution in [-0.4, -0.2) is 41.3 Å². The molecule has 0 unspecified atom stereocenters. The fraction of sp³-hybridized carbons (Fsp3) is 0.429. The van der Waals surface area contributed by atoms with Gasteiger partial charge >= 0.3 is 5.97 Å². The number of carboxylic acids is 1. The number of carbonyl (C=O) groups is 2. The third-order valence-electron chi connectivity index (χ3n) is 2.59. The van der Waals surface area contributed by atoms with Crippen molar-refractivity contribution < 1.29 is 24.5 Å². The molecule has 0 heterocycles. The highest BCUT2D eigenvalue weighted by Crippen LogP contribution is 2.13. The van der Waals surface area contributed by atoms with E-state index in [0.29, 0.717) is 17.9 Å². The molecule has 1 aromatic carbocycles. The van der Waals surface area contributed by atoms with Crippen LogP contribution in [-0.2, 0) is 4.79 Å². The first kappa shape index (κ1) is 16.0. The van der Waals surface area contributed by atoms with E-state index < -0.39 is 17.9 Å². The van der Waals surface area contributed by atoms with Crippen molar-refractivity contribution >= 4 is 11.9 Å². The van der Waals surface area contributed by atoms with Crippen LogP contribution in [0, 0.1) is 0 Å². The lowest BCUT2D eigenvalue weighted by Crippen LogP contribution is -2.41. The van der Waals surface area contributed by atoms with Crippen molar-refractivity contribution in [3.8, 4) is 5.75 Å². The third kappa shape index (κ3) is 4.89. The maximum Gasteiger partial charge on any atom is 0.326 e. The van der Waals surface area contributed by atoms with Gasteiger partial charge in [-0.1, -0.05) is 13.0 Å². The van der Waals surface area contributed by atoms with Crippen LogP contribution in [0.4, 0.5) is 0 Å². The number of carbonyl (C=O) groups excluding carboxylic acids is 1. The van der Waals surface area contributed by atoms with Crippen molar-refractivity contribution in [2.75, 3.05) is 13.2 Å². The van der Waals surface area contributed by atoms with Gasteiger partial charge in [0.25, 0.3) is 5.91 Å². The summed E-state index contributed by atoms with van der Waals surface area (Å²) >= 11 is 0. The summed E-state index contributed by atoms with van der Waals surface area (Å²) in [6.07, 6.45) is 0.821. The number of nitrogens with one attached hydrogen (secondary N) is 1. The van der Waals surface area contributed by atoms with Crippen molar-refractivity contribution in [3.63, 3.8) is 0 Å². The summed E-state index contributed by atoms with van der Waals surface area (Å²) in [5.41, 5.74) is 0.322. The van der Waals surface area contributed by atoms with Crippen LogP contribution in [0.1, 0.15) is 30.1 Å². The summed E-state index contributed by atoms with van der Waals surface area (Å²) in [7, 11) is 0. The first-order valence-electron chi connectivity index (χ1n) is 6.45. The molecular formula is C14H19NO5. The van der Waals surface area contributed by atoms with Crippen LogP contribution in [0.15, 0.2) is 24.3 Å². The van der Waals surface area contributed by atoms with Crippen LogP contribution in [0.25, 0.3) is 0 Å². The van der Waals surface area contributed by atoms with Crippen LogP contribution >= 0.6 is 0 Å². The molecule has 0 bridgehead atoms. The number of carboxylic acid groups (broad SMARTS) is 1. The standard InChI is InChI=1S/C14H19NO5/c1-2-8-20-11-5-3-4-10(9-11)13(17)15-12(6-7-16)14(18)19/h3-5,9,12,16H,2,6-8H2,1H3,(H,15,17)(H,18,19)/t12-/m1/s1. The SMILES string of the molecule is CCCOc1cccc(C(=O)N[C@H](CCO)C(=O)O)c1. The molecule has 0 saturated heterocycles. The van der Waals surface area contributed by atoms with E-state index in [1.165, 1.54) is 0 Å². The Morgan fingerprint density at radius 1 is 1.40 bits per heavy atom. The Balaban J connectivity index is 2.73. The van der Waals surface area contributed by atoms with Crippen LogP contribution in [0.5, 0.6) is 5.75 Å². The number of aliphatic hydroxyl groups excluding tert-OH is 1. The van der Waals surface area contributed by atoms with Gasteiger partial charge < -0.3 is 20.3 Å². The summed E-state index contributed by atoms with van der Waals surface area (Å²) in [5.74, 6) is -1.12. The molecule has 1 atom stereocenters. The molecule has 110 valence electrons. The summed E-state index contributed by atoms with van der Waals surface area (Å²) < 4.78 is 5.41. The lowest BCUT2D eigenvalue weighted by molar-refractivity contribution is -0.139. The van der Waals surface area contributed by atoms with Crippen molar-refractivity contribution in [2.24, 2.45) is 0 Å². The number of hydrogen-bond donors (Lipinski definition) is 3. The topological polar surface area (TPSA) is 95.9 Å². The van der Waals surface area contributed by atoms with Gasteiger partial charge in [0, 0.05) is 18.6 Å². The van der Waals surface area contributed by atoms with Crippen LogP contribution in [0.2, 0.25) is 0 Å². The van der Waals surface area contributed by atoms with Crippen LogP contribution < -0.4 is 10.1 Å². The summed E-state index contributed by atoms with van der Waals surface area (Å²) in [6, 6.07) is 5.43. The zero-order valence-corrected chi connectivity index (χ0v) is 11.3. The Kier molecular flexibility index (Phi) is 6.52. The second-order valence-electron chi connectivity index (χ2n) is 4.25. The molecule has 0 aliphatic carbocycles. The summed E-state index contributed by atoms with van der Waals surface area (Å²) in [6.45, 7) is 2.22. The second-order valence-corrected chi connectivity index (χ2v) is 4.25. The molecule has 0 radical (unpaired) electrons. The number of benzene rings is 1. The average Bonchev–Trinajstić information content (AvgIpc) is 2.44. The maximum atomic E-state index is 11.9. The van der Waals surface area contributed by atoms with Gasteiger partial charge in [-0.15, -0.1) is 0 Å². The Morgan fingerprint density at radius 3 is 2.75 bits per heavy atom. The number of rotatable bonds is 8. The van der Waals surface area contributed by atoms with Gasteiger partial charge in [-0.2, -0.15) is 0 Å². The van der Waals surface area contributed by atoms with Crippen molar-refractivity contribution in [2.45, 2.75) is 25.8 Å². The first-order chi connectivity index (χ1) is 9.58. The third-order valence-corrected chi connectivity index (χ3v) is 2.59. The molecule has 1 amide bonds. The minimum atomic E-state index is -1.18. The van der Waals surface area contributed by atoms with E-state index >= 15 is 0 Å². The normalized spacial score (nSPS) is 11.7. The van der Waals surface area contributed by atoms with Crippen LogP contribution in [0.3, 0.4) is 0 Å². The van der Waals surface area contributed by atoms with Gasteiger partial charge in [-0.05, 0) is 24.6 Å². The minimum absolute atomic E-state index is 0.0346. The zero-order valence-electron chi connectivity index (χ0n) is 11.3. The Morgan fingerprint density at radius 2 is 2.15 bits per heavy atom. The van der Waals surface area contributed by atoms with Crippen molar-refractivity contribution in [3.05, 3.63) is 29.8 Å². The quantitative estimate of drug-likeness (QED) is 0.661. The molecule has 1 aromatic rings. The molecule has 0 spiro atoms. The van der Waals surface area contributed by atoms with E-state index in [0.717, 1.165) is 6.42 Å². The summed E-state index contributed by atoms with van der Waals surface area (Å²) in [5, 5.41) is 20.1. The maximum absolute atomic E-state index is 11.9.